The van der Waals surface area contributed by atoms with Gasteiger partial charge in [-0.25, -0.2) is 0 Å². The predicted molar refractivity (Wildman–Crippen MR) is 53.4 cm³/mol. The van der Waals surface area contributed by atoms with Crippen LogP contribution in [0.15, 0.2) is 0 Å². The molecule has 2 nitrogen and oxygen atoms in total. The molecule has 1 heterocycles. The van der Waals surface area contributed by atoms with Gasteiger partial charge in [-0.1, -0.05) is 6.92 Å². The molecule has 2 unspecified atom stereocenters. The maximum Gasteiger partial charge on any atom is 0.0234 e. The van der Waals surface area contributed by atoms with Crippen LogP contribution in [0.1, 0.15) is 26.7 Å². The first-order valence-electron chi connectivity index (χ1n) is 5.05. The van der Waals surface area contributed by atoms with Gasteiger partial charge in [0.2, 0.25) is 0 Å². The second-order valence-corrected chi connectivity index (χ2v) is 4.16. The third-order valence-corrected chi connectivity index (χ3v) is 3.06. The van der Waals surface area contributed by atoms with E-state index >= 15 is 0 Å². The summed E-state index contributed by atoms with van der Waals surface area (Å²) in [5.74, 6) is 0. The quantitative estimate of drug-likeness (QED) is 0.632. The highest BCUT2D eigenvalue weighted by molar-refractivity contribution is 4.85. The van der Waals surface area contributed by atoms with Crippen LogP contribution in [0, 0.1) is 0 Å². The summed E-state index contributed by atoms with van der Waals surface area (Å²) in [5.41, 5.74) is 0. The Hall–Kier alpha value is -0.0800. The molecule has 2 atom stereocenters. The lowest BCUT2D eigenvalue weighted by Crippen LogP contribution is -2.34. The molecule has 0 radical (unpaired) electrons. The lowest BCUT2D eigenvalue weighted by atomic mass is 10.1. The molecule has 0 spiro atoms. The molecule has 72 valence electrons. The minimum Gasteiger partial charge on any atom is -0.302 e. The molecule has 0 N–H and O–H groups in total. The highest BCUT2D eigenvalue weighted by Gasteiger charge is 2.28. The molecule has 1 aliphatic rings. The van der Waals surface area contributed by atoms with Gasteiger partial charge in [0.15, 0.2) is 0 Å². The maximum absolute atomic E-state index is 2.50. The van der Waals surface area contributed by atoms with Crippen LogP contribution in [0.25, 0.3) is 0 Å². The first-order valence-corrected chi connectivity index (χ1v) is 5.05. The maximum atomic E-state index is 2.50. The molecule has 1 fully saturated rings. The largest absolute Gasteiger partial charge is 0.302 e. The summed E-state index contributed by atoms with van der Waals surface area (Å²) in [6.07, 6.45) is 2.61. The van der Waals surface area contributed by atoms with Crippen molar-refractivity contribution >= 4 is 0 Å². The fourth-order valence-corrected chi connectivity index (χ4v) is 2.02. The summed E-state index contributed by atoms with van der Waals surface area (Å²) in [6.45, 7) is 7.06. The molecule has 0 aromatic carbocycles. The number of rotatable bonds is 3. The van der Waals surface area contributed by atoms with E-state index in [0.717, 1.165) is 12.1 Å². The lowest BCUT2D eigenvalue weighted by Gasteiger charge is -2.23. The van der Waals surface area contributed by atoms with Gasteiger partial charge in [0.25, 0.3) is 0 Å². The number of hydrogen-bond acceptors (Lipinski definition) is 2. The van der Waals surface area contributed by atoms with Gasteiger partial charge in [0, 0.05) is 18.6 Å². The topological polar surface area (TPSA) is 6.48 Å². The van der Waals surface area contributed by atoms with Crippen LogP contribution in [0.2, 0.25) is 0 Å². The minimum atomic E-state index is 0.773. The van der Waals surface area contributed by atoms with Crippen LogP contribution in [-0.4, -0.2) is 49.1 Å². The monoisotopic (exact) mass is 170 g/mol. The van der Waals surface area contributed by atoms with Crippen molar-refractivity contribution in [3.05, 3.63) is 0 Å². The van der Waals surface area contributed by atoms with E-state index in [2.05, 4.69) is 37.7 Å². The molecule has 12 heavy (non-hydrogen) atoms. The van der Waals surface area contributed by atoms with Crippen molar-refractivity contribution in [2.45, 2.75) is 38.8 Å². The van der Waals surface area contributed by atoms with Crippen molar-refractivity contribution in [3.63, 3.8) is 0 Å². The van der Waals surface area contributed by atoms with Crippen molar-refractivity contribution < 1.29 is 0 Å². The minimum absolute atomic E-state index is 0.773. The molecular formula is C10H22N2. The van der Waals surface area contributed by atoms with Gasteiger partial charge in [-0.3, -0.25) is 0 Å². The Balaban J connectivity index is 2.35. The second-order valence-electron chi connectivity index (χ2n) is 4.16. The molecule has 0 amide bonds. The predicted octanol–water partition coefficient (Wildman–Crippen LogP) is 1.42. The van der Waals surface area contributed by atoms with Crippen LogP contribution in [0.5, 0.6) is 0 Å². The first kappa shape index (κ1) is 10.0. The molecule has 0 bridgehead atoms. The van der Waals surface area contributed by atoms with Crippen molar-refractivity contribution in [1.29, 1.82) is 0 Å². The van der Waals surface area contributed by atoms with Gasteiger partial charge >= 0.3 is 0 Å². The lowest BCUT2D eigenvalue weighted by molar-refractivity contribution is 0.241. The van der Waals surface area contributed by atoms with E-state index in [9.17, 15) is 0 Å². The standard InChI is InChI=1S/C10H22N2/c1-5-6-11(3)10-7-9(2)12(4)8-10/h9-10H,5-8H2,1-4H3. The van der Waals surface area contributed by atoms with Gasteiger partial charge in [0.05, 0.1) is 0 Å². The summed E-state index contributed by atoms with van der Waals surface area (Å²) >= 11 is 0. The van der Waals surface area contributed by atoms with Gasteiger partial charge in [0.1, 0.15) is 0 Å². The molecule has 0 aliphatic carbocycles. The average Bonchev–Trinajstić information content (AvgIpc) is 2.33. The molecule has 0 saturated carbocycles. The molecule has 1 saturated heterocycles. The van der Waals surface area contributed by atoms with E-state index < -0.39 is 0 Å². The van der Waals surface area contributed by atoms with E-state index in [-0.39, 0.29) is 0 Å². The average molecular weight is 170 g/mol. The van der Waals surface area contributed by atoms with E-state index in [1.165, 1.54) is 25.9 Å². The summed E-state index contributed by atoms with van der Waals surface area (Å²) < 4.78 is 0. The summed E-state index contributed by atoms with van der Waals surface area (Å²) in [6, 6.07) is 1.57. The van der Waals surface area contributed by atoms with Crippen LogP contribution in [0.4, 0.5) is 0 Å². The zero-order valence-electron chi connectivity index (χ0n) is 8.88. The summed E-state index contributed by atoms with van der Waals surface area (Å²) in [4.78, 5) is 4.96. The van der Waals surface area contributed by atoms with Gasteiger partial charge in [-0.15, -0.1) is 0 Å². The Morgan fingerprint density at radius 2 is 2.17 bits per heavy atom. The Kier molecular flexibility index (Phi) is 3.53. The second kappa shape index (κ2) is 4.24. The molecule has 1 rings (SSSR count). The number of likely N-dealkylation sites (tertiary alicyclic amines) is 1. The van der Waals surface area contributed by atoms with E-state index in [1.807, 2.05) is 0 Å². The van der Waals surface area contributed by atoms with Gasteiger partial charge < -0.3 is 9.80 Å². The van der Waals surface area contributed by atoms with E-state index in [1.54, 1.807) is 0 Å². The highest BCUT2D eigenvalue weighted by Crippen LogP contribution is 2.18. The third-order valence-electron chi connectivity index (χ3n) is 3.06. The number of nitrogens with zero attached hydrogens (tertiary/aromatic N) is 2. The van der Waals surface area contributed by atoms with Crippen LogP contribution in [0.3, 0.4) is 0 Å². The Morgan fingerprint density at radius 1 is 1.50 bits per heavy atom. The first-order chi connectivity index (χ1) is 5.65. The summed E-state index contributed by atoms with van der Waals surface area (Å²) in [7, 11) is 4.48. The fourth-order valence-electron chi connectivity index (χ4n) is 2.02. The number of likely N-dealkylation sites (N-methyl/N-ethyl adjacent to an activating group) is 2. The van der Waals surface area contributed by atoms with Crippen LogP contribution in [-0.2, 0) is 0 Å². The van der Waals surface area contributed by atoms with Crippen molar-refractivity contribution in [3.8, 4) is 0 Å². The highest BCUT2D eigenvalue weighted by atomic mass is 15.2. The Bertz CT molecular complexity index is 126. The van der Waals surface area contributed by atoms with Crippen LogP contribution < -0.4 is 0 Å². The van der Waals surface area contributed by atoms with Crippen molar-refractivity contribution in [2.75, 3.05) is 27.2 Å². The molecule has 1 aliphatic heterocycles. The molecule has 0 aromatic rings. The van der Waals surface area contributed by atoms with E-state index in [0.29, 0.717) is 0 Å². The van der Waals surface area contributed by atoms with Gasteiger partial charge in [-0.05, 0) is 40.4 Å². The summed E-state index contributed by atoms with van der Waals surface area (Å²) in [5, 5.41) is 0. The molecular weight excluding hydrogens is 148 g/mol. The Morgan fingerprint density at radius 3 is 2.58 bits per heavy atom. The Labute approximate surface area is 76.5 Å². The SMILES string of the molecule is CCCN(C)C1CC(C)N(C)C1. The molecule has 2 heteroatoms. The van der Waals surface area contributed by atoms with E-state index in [4.69, 9.17) is 0 Å². The van der Waals surface area contributed by atoms with Crippen molar-refractivity contribution in [1.82, 2.24) is 9.80 Å². The molecule has 0 aromatic heterocycles. The zero-order chi connectivity index (χ0) is 9.14. The van der Waals surface area contributed by atoms with Crippen molar-refractivity contribution in [2.24, 2.45) is 0 Å². The third kappa shape index (κ3) is 2.20. The zero-order valence-corrected chi connectivity index (χ0v) is 8.88. The normalized spacial score (nSPS) is 31.8. The smallest absolute Gasteiger partial charge is 0.0234 e. The van der Waals surface area contributed by atoms with Crippen LogP contribution >= 0.6 is 0 Å². The number of hydrogen-bond donors (Lipinski definition) is 0. The van der Waals surface area contributed by atoms with Gasteiger partial charge in [-0.2, -0.15) is 0 Å². The fraction of sp³-hybridized carbons (Fsp3) is 1.00.